The lowest BCUT2D eigenvalue weighted by Gasteiger charge is -2.26. The van der Waals surface area contributed by atoms with Gasteiger partial charge in [-0.15, -0.1) is 11.3 Å². The molecule has 2 rings (SSSR count). The fraction of sp³-hybridized carbons (Fsp3) is 0.636. The summed E-state index contributed by atoms with van der Waals surface area (Å²) in [5.74, 6) is 0.817. The molecule has 1 aliphatic rings. The Hall–Kier alpha value is 0.100. The number of nitrogens with two attached hydrogens (primary N) is 1. The van der Waals surface area contributed by atoms with E-state index in [9.17, 15) is 0 Å². The Bertz CT molecular complexity index is 326. The highest BCUT2D eigenvalue weighted by Crippen LogP contribution is 2.34. The van der Waals surface area contributed by atoms with Gasteiger partial charge in [-0.25, -0.2) is 0 Å². The standard InChI is InChI=1S/C11H17BrN2S/c1-8-2-4-14(7-8)10(6-13)11-9(12)3-5-15-11/h3,5,8,10H,2,4,6-7,13H2,1H3. The molecule has 1 saturated heterocycles. The van der Waals surface area contributed by atoms with Crippen molar-refractivity contribution in [2.75, 3.05) is 19.6 Å². The number of halogens is 1. The predicted molar refractivity (Wildman–Crippen MR) is 69.2 cm³/mol. The lowest BCUT2D eigenvalue weighted by atomic mass is 10.2. The smallest absolute Gasteiger partial charge is 0.0575 e. The fourth-order valence-electron chi connectivity index (χ4n) is 2.22. The van der Waals surface area contributed by atoms with Crippen LogP contribution in [0.25, 0.3) is 0 Å². The number of rotatable bonds is 3. The van der Waals surface area contributed by atoms with Gasteiger partial charge in [0.1, 0.15) is 0 Å². The Balaban J connectivity index is 2.14. The Morgan fingerprint density at radius 3 is 3.00 bits per heavy atom. The summed E-state index contributed by atoms with van der Waals surface area (Å²) in [7, 11) is 0. The van der Waals surface area contributed by atoms with Crippen LogP contribution in [0.5, 0.6) is 0 Å². The van der Waals surface area contributed by atoms with E-state index in [-0.39, 0.29) is 0 Å². The molecule has 2 heterocycles. The van der Waals surface area contributed by atoms with Crippen LogP contribution in [0.1, 0.15) is 24.3 Å². The van der Waals surface area contributed by atoms with Crippen molar-refractivity contribution in [3.63, 3.8) is 0 Å². The summed E-state index contributed by atoms with van der Waals surface area (Å²) < 4.78 is 1.21. The number of thiophene rings is 1. The number of nitrogens with zero attached hydrogens (tertiary/aromatic N) is 1. The Morgan fingerprint density at radius 2 is 2.53 bits per heavy atom. The van der Waals surface area contributed by atoms with Crippen molar-refractivity contribution < 1.29 is 0 Å². The first-order valence-electron chi connectivity index (χ1n) is 5.39. The molecule has 1 fully saturated rings. The minimum absolute atomic E-state index is 0.407. The predicted octanol–water partition coefficient (Wildman–Crippen LogP) is 2.85. The lowest BCUT2D eigenvalue weighted by molar-refractivity contribution is 0.246. The third-order valence-electron chi connectivity index (χ3n) is 3.07. The van der Waals surface area contributed by atoms with E-state index in [2.05, 4.69) is 39.2 Å². The zero-order valence-corrected chi connectivity index (χ0v) is 11.4. The van der Waals surface area contributed by atoms with Crippen LogP contribution in [0.15, 0.2) is 15.9 Å². The van der Waals surface area contributed by atoms with E-state index in [0.717, 1.165) is 5.92 Å². The number of likely N-dealkylation sites (tertiary alicyclic amines) is 1. The van der Waals surface area contributed by atoms with E-state index in [1.54, 1.807) is 11.3 Å². The summed E-state index contributed by atoms with van der Waals surface area (Å²) in [6, 6.07) is 2.52. The van der Waals surface area contributed by atoms with Gasteiger partial charge in [-0.3, -0.25) is 4.90 Å². The second-order valence-electron chi connectivity index (χ2n) is 4.27. The highest BCUT2D eigenvalue weighted by molar-refractivity contribution is 9.10. The fourth-order valence-corrected chi connectivity index (χ4v) is 4.00. The summed E-state index contributed by atoms with van der Waals surface area (Å²) in [4.78, 5) is 3.90. The molecule has 84 valence electrons. The van der Waals surface area contributed by atoms with Gasteiger partial charge in [0.05, 0.1) is 6.04 Å². The quantitative estimate of drug-likeness (QED) is 0.927. The Morgan fingerprint density at radius 1 is 1.73 bits per heavy atom. The number of hydrogen-bond acceptors (Lipinski definition) is 3. The summed E-state index contributed by atoms with van der Waals surface area (Å²) in [6.07, 6.45) is 1.31. The van der Waals surface area contributed by atoms with Gasteiger partial charge < -0.3 is 5.73 Å². The second-order valence-corrected chi connectivity index (χ2v) is 6.08. The minimum atomic E-state index is 0.407. The van der Waals surface area contributed by atoms with Crippen molar-refractivity contribution >= 4 is 27.3 Å². The maximum atomic E-state index is 5.90. The molecule has 0 aromatic carbocycles. The molecule has 0 aliphatic carbocycles. The van der Waals surface area contributed by atoms with Crippen LogP contribution >= 0.6 is 27.3 Å². The molecular formula is C11H17BrN2S. The first kappa shape index (κ1) is 11.6. The average Bonchev–Trinajstić information content (AvgIpc) is 2.79. The van der Waals surface area contributed by atoms with Crippen LogP contribution in [-0.4, -0.2) is 24.5 Å². The highest BCUT2D eigenvalue weighted by atomic mass is 79.9. The van der Waals surface area contributed by atoms with E-state index in [1.165, 1.54) is 28.9 Å². The Labute approximate surface area is 104 Å². The van der Waals surface area contributed by atoms with E-state index in [1.807, 2.05) is 0 Å². The molecule has 1 aromatic heterocycles. The molecule has 1 aliphatic heterocycles. The van der Waals surface area contributed by atoms with Crippen LogP contribution in [0.4, 0.5) is 0 Å². The summed E-state index contributed by atoms with van der Waals surface area (Å²) in [5, 5.41) is 2.13. The van der Waals surface area contributed by atoms with Gasteiger partial charge in [-0.2, -0.15) is 0 Å². The molecule has 4 heteroatoms. The highest BCUT2D eigenvalue weighted by Gasteiger charge is 2.27. The van der Waals surface area contributed by atoms with Crippen LogP contribution in [-0.2, 0) is 0 Å². The molecule has 0 spiro atoms. The van der Waals surface area contributed by atoms with E-state index in [4.69, 9.17) is 5.73 Å². The van der Waals surface area contributed by atoms with Gasteiger partial charge >= 0.3 is 0 Å². The van der Waals surface area contributed by atoms with Crippen molar-refractivity contribution in [2.45, 2.75) is 19.4 Å². The van der Waals surface area contributed by atoms with Gasteiger partial charge in [0.2, 0.25) is 0 Å². The third-order valence-corrected chi connectivity index (χ3v) is 5.04. The molecule has 2 N–H and O–H groups in total. The lowest BCUT2D eigenvalue weighted by Crippen LogP contribution is -2.31. The molecule has 15 heavy (non-hydrogen) atoms. The third kappa shape index (κ3) is 2.44. The molecule has 2 atom stereocenters. The topological polar surface area (TPSA) is 29.3 Å². The number of hydrogen-bond donors (Lipinski definition) is 1. The second kappa shape index (κ2) is 4.95. The van der Waals surface area contributed by atoms with E-state index < -0.39 is 0 Å². The van der Waals surface area contributed by atoms with E-state index >= 15 is 0 Å². The van der Waals surface area contributed by atoms with Gasteiger partial charge in [0.15, 0.2) is 0 Å². The largest absolute Gasteiger partial charge is 0.329 e. The SMILES string of the molecule is CC1CCN(C(CN)c2sccc2Br)C1. The molecule has 0 bridgehead atoms. The van der Waals surface area contributed by atoms with Crippen molar-refractivity contribution in [1.29, 1.82) is 0 Å². The molecular weight excluding hydrogens is 272 g/mol. The zero-order valence-electron chi connectivity index (χ0n) is 8.95. The van der Waals surface area contributed by atoms with Gasteiger partial charge in [0, 0.05) is 22.4 Å². The average molecular weight is 289 g/mol. The van der Waals surface area contributed by atoms with Gasteiger partial charge in [0.25, 0.3) is 0 Å². The van der Waals surface area contributed by atoms with Crippen LogP contribution in [0.3, 0.4) is 0 Å². The molecule has 0 radical (unpaired) electrons. The van der Waals surface area contributed by atoms with Crippen LogP contribution < -0.4 is 5.73 Å². The van der Waals surface area contributed by atoms with Crippen molar-refractivity contribution in [1.82, 2.24) is 4.90 Å². The normalized spacial score (nSPS) is 24.6. The van der Waals surface area contributed by atoms with Crippen LogP contribution in [0.2, 0.25) is 0 Å². The summed E-state index contributed by atoms with van der Waals surface area (Å²) in [5.41, 5.74) is 5.90. The first-order valence-corrected chi connectivity index (χ1v) is 7.06. The minimum Gasteiger partial charge on any atom is -0.329 e. The maximum Gasteiger partial charge on any atom is 0.0575 e. The monoisotopic (exact) mass is 288 g/mol. The molecule has 1 aromatic rings. The summed E-state index contributed by atoms with van der Waals surface area (Å²) >= 11 is 5.40. The molecule has 2 nitrogen and oxygen atoms in total. The molecule has 0 amide bonds. The van der Waals surface area contributed by atoms with Crippen molar-refractivity contribution in [3.05, 3.63) is 20.8 Å². The Kier molecular flexibility index (Phi) is 3.83. The molecule has 2 unspecified atom stereocenters. The maximum absolute atomic E-state index is 5.90. The van der Waals surface area contributed by atoms with Gasteiger partial charge in [-0.05, 0) is 46.3 Å². The van der Waals surface area contributed by atoms with Gasteiger partial charge in [-0.1, -0.05) is 6.92 Å². The summed E-state index contributed by atoms with van der Waals surface area (Å²) in [6.45, 7) is 5.41. The zero-order chi connectivity index (χ0) is 10.8. The van der Waals surface area contributed by atoms with Crippen molar-refractivity contribution in [3.8, 4) is 0 Å². The first-order chi connectivity index (χ1) is 7.22. The van der Waals surface area contributed by atoms with Crippen molar-refractivity contribution in [2.24, 2.45) is 11.7 Å². The molecule has 0 saturated carbocycles. The van der Waals surface area contributed by atoms with Crippen LogP contribution in [0, 0.1) is 5.92 Å². The van der Waals surface area contributed by atoms with E-state index in [0.29, 0.717) is 12.6 Å².